The number of nitrogens with one attached hydrogen (secondary N) is 1. The maximum Gasteiger partial charge on any atom is 0.0464 e. The van der Waals surface area contributed by atoms with Crippen molar-refractivity contribution in [2.45, 2.75) is 38.8 Å². The molecule has 16 heavy (non-hydrogen) atoms. The minimum Gasteiger partial charge on any atom is -0.307 e. The topological polar surface area (TPSA) is 12.0 Å². The zero-order chi connectivity index (χ0) is 11.7. The summed E-state index contributed by atoms with van der Waals surface area (Å²) in [6, 6.07) is 7.09. The maximum absolute atomic E-state index is 6.23. The van der Waals surface area contributed by atoms with Crippen LogP contribution < -0.4 is 5.32 Å². The molecule has 0 saturated heterocycles. The average molecular weight is 303 g/mol. The van der Waals surface area contributed by atoms with Gasteiger partial charge in [-0.25, -0.2) is 0 Å². The SMILES string of the molecule is CC1CC(NC(C)c2ccc(Br)cc2Cl)C1. The van der Waals surface area contributed by atoms with E-state index in [-0.39, 0.29) is 0 Å². The van der Waals surface area contributed by atoms with E-state index in [0.717, 1.165) is 15.4 Å². The zero-order valence-electron chi connectivity index (χ0n) is 9.63. The third kappa shape index (κ3) is 2.79. The Hall–Kier alpha value is -0.0500. The first-order valence-corrected chi connectivity index (χ1v) is 6.94. The Bertz CT molecular complexity index is 374. The molecule has 0 heterocycles. The molecular weight excluding hydrogens is 286 g/mol. The van der Waals surface area contributed by atoms with Crippen LogP contribution in [0.25, 0.3) is 0 Å². The molecule has 1 atom stereocenters. The molecule has 1 unspecified atom stereocenters. The molecule has 1 aromatic carbocycles. The van der Waals surface area contributed by atoms with Gasteiger partial charge in [0.15, 0.2) is 0 Å². The third-order valence-corrected chi connectivity index (χ3v) is 4.11. The fraction of sp³-hybridized carbons (Fsp3) is 0.538. The Kier molecular flexibility index (Phi) is 3.93. The van der Waals surface area contributed by atoms with Gasteiger partial charge in [0.1, 0.15) is 0 Å². The van der Waals surface area contributed by atoms with Crippen LogP contribution in [0.1, 0.15) is 38.3 Å². The first-order chi connectivity index (χ1) is 7.56. The van der Waals surface area contributed by atoms with Crippen LogP contribution in [0.2, 0.25) is 5.02 Å². The van der Waals surface area contributed by atoms with E-state index in [1.807, 2.05) is 12.1 Å². The first-order valence-electron chi connectivity index (χ1n) is 5.77. The Morgan fingerprint density at radius 1 is 1.44 bits per heavy atom. The Balaban J connectivity index is 2.00. The minimum atomic E-state index is 0.332. The molecule has 0 amide bonds. The first kappa shape index (κ1) is 12.4. The van der Waals surface area contributed by atoms with Gasteiger partial charge in [0.05, 0.1) is 0 Å². The number of rotatable bonds is 3. The van der Waals surface area contributed by atoms with Crippen molar-refractivity contribution in [3.8, 4) is 0 Å². The fourth-order valence-electron chi connectivity index (χ4n) is 2.33. The minimum absolute atomic E-state index is 0.332. The van der Waals surface area contributed by atoms with Gasteiger partial charge in [-0.2, -0.15) is 0 Å². The Morgan fingerprint density at radius 3 is 2.69 bits per heavy atom. The van der Waals surface area contributed by atoms with Crippen molar-refractivity contribution in [2.75, 3.05) is 0 Å². The highest BCUT2D eigenvalue weighted by Gasteiger charge is 2.26. The maximum atomic E-state index is 6.23. The molecule has 0 aliphatic heterocycles. The second-order valence-electron chi connectivity index (χ2n) is 4.83. The number of benzene rings is 1. The molecule has 88 valence electrons. The Labute approximate surface area is 111 Å². The molecule has 1 fully saturated rings. The predicted molar refractivity (Wildman–Crippen MR) is 72.9 cm³/mol. The summed E-state index contributed by atoms with van der Waals surface area (Å²) in [6.45, 7) is 4.48. The van der Waals surface area contributed by atoms with Crippen LogP contribution >= 0.6 is 27.5 Å². The van der Waals surface area contributed by atoms with Crippen LogP contribution in [0.3, 0.4) is 0 Å². The quantitative estimate of drug-likeness (QED) is 0.863. The van der Waals surface area contributed by atoms with Crippen LogP contribution in [0.5, 0.6) is 0 Å². The molecule has 0 aromatic heterocycles. The lowest BCUT2D eigenvalue weighted by Gasteiger charge is -2.36. The summed E-state index contributed by atoms with van der Waals surface area (Å²) in [7, 11) is 0. The van der Waals surface area contributed by atoms with Gasteiger partial charge in [-0.1, -0.05) is 40.5 Å². The van der Waals surface area contributed by atoms with E-state index in [9.17, 15) is 0 Å². The van der Waals surface area contributed by atoms with Crippen LogP contribution in [-0.2, 0) is 0 Å². The van der Waals surface area contributed by atoms with Crippen LogP contribution in [-0.4, -0.2) is 6.04 Å². The third-order valence-electron chi connectivity index (χ3n) is 3.29. The largest absolute Gasteiger partial charge is 0.307 e. The molecule has 1 N–H and O–H groups in total. The summed E-state index contributed by atoms with van der Waals surface area (Å²) in [5, 5.41) is 4.46. The van der Waals surface area contributed by atoms with Crippen molar-refractivity contribution in [3.63, 3.8) is 0 Å². The number of halogens is 2. The summed E-state index contributed by atoms with van der Waals surface area (Å²) in [4.78, 5) is 0. The smallest absolute Gasteiger partial charge is 0.0464 e. The van der Waals surface area contributed by atoms with E-state index in [1.165, 1.54) is 18.4 Å². The monoisotopic (exact) mass is 301 g/mol. The normalized spacial score (nSPS) is 26.2. The van der Waals surface area contributed by atoms with Crippen molar-refractivity contribution in [2.24, 2.45) is 5.92 Å². The molecule has 0 bridgehead atoms. The van der Waals surface area contributed by atoms with Crippen molar-refractivity contribution in [1.82, 2.24) is 5.32 Å². The number of hydrogen-bond acceptors (Lipinski definition) is 1. The molecule has 1 saturated carbocycles. The highest BCUT2D eigenvalue weighted by molar-refractivity contribution is 9.10. The van der Waals surface area contributed by atoms with E-state index in [1.54, 1.807) is 0 Å². The van der Waals surface area contributed by atoms with Crippen LogP contribution in [0.4, 0.5) is 0 Å². The summed E-state index contributed by atoms with van der Waals surface area (Å²) >= 11 is 9.65. The molecule has 1 aromatic rings. The molecule has 0 radical (unpaired) electrons. The summed E-state index contributed by atoms with van der Waals surface area (Å²) in [5.74, 6) is 0.880. The van der Waals surface area contributed by atoms with E-state index in [4.69, 9.17) is 11.6 Å². The molecule has 1 aliphatic carbocycles. The fourth-order valence-corrected chi connectivity index (χ4v) is 3.17. The number of hydrogen-bond donors (Lipinski definition) is 1. The van der Waals surface area contributed by atoms with Crippen molar-refractivity contribution < 1.29 is 0 Å². The molecule has 3 heteroatoms. The van der Waals surface area contributed by atoms with E-state index >= 15 is 0 Å². The van der Waals surface area contributed by atoms with E-state index in [0.29, 0.717) is 12.1 Å². The highest BCUT2D eigenvalue weighted by atomic mass is 79.9. The Morgan fingerprint density at radius 2 is 2.12 bits per heavy atom. The van der Waals surface area contributed by atoms with Gasteiger partial charge in [-0.3, -0.25) is 0 Å². The molecule has 0 spiro atoms. The molecule has 1 nitrogen and oxygen atoms in total. The second kappa shape index (κ2) is 5.07. The predicted octanol–water partition coefficient (Wildman–Crippen LogP) is 4.55. The lowest BCUT2D eigenvalue weighted by atomic mass is 9.81. The van der Waals surface area contributed by atoms with Crippen molar-refractivity contribution >= 4 is 27.5 Å². The van der Waals surface area contributed by atoms with E-state index in [2.05, 4.69) is 41.2 Å². The van der Waals surface area contributed by atoms with E-state index < -0.39 is 0 Å². The van der Waals surface area contributed by atoms with Gasteiger partial charge in [0, 0.05) is 21.6 Å². The standard InChI is InChI=1S/C13H17BrClN/c1-8-5-11(6-8)16-9(2)12-4-3-10(14)7-13(12)15/h3-4,7-9,11,16H,5-6H2,1-2H3. The summed E-state index contributed by atoms with van der Waals surface area (Å²) in [5.41, 5.74) is 1.18. The van der Waals surface area contributed by atoms with Gasteiger partial charge in [0.2, 0.25) is 0 Å². The van der Waals surface area contributed by atoms with Gasteiger partial charge in [-0.05, 0) is 43.4 Å². The van der Waals surface area contributed by atoms with Crippen molar-refractivity contribution in [3.05, 3.63) is 33.3 Å². The van der Waals surface area contributed by atoms with Crippen LogP contribution in [0.15, 0.2) is 22.7 Å². The molecular formula is C13H17BrClN. The summed E-state index contributed by atoms with van der Waals surface area (Å²) < 4.78 is 1.03. The molecule has 1 aliphatic rings. The van der Waals surface area contributed by atoms with Gasteiger partial charge < -0.3 is 5.32 Å². The van der Waals surface area contributed by atoms with Crippen LogP contribution in [0, 0.1) is 5.92 Å². The van der Waals surface area contributed by atoms with Crippen molar-refractivity contribution in [1.29, 1.82) is 0 Å². The average Bonchev–Trinajstić information content (AvgIpc) is 2.15. The highest BCUT2D eigenvalue weighted by Crippen LogP contribution is 2.31. The van der Waals surface area contributed by atoms with Gasteiger partial charge in [-0.15, -0.1) is 0 Å². The lowest BCUT2D eigenvalue weighted by molar-refractivity contribution is 0.226. The zero-order valence-corrected chi connectivity index (χ0v) is 12.0. The molecule has 2 rings (SSSR count). The summed E-state index contributed by atoms with van der Waals surface area (Å²) in [6.07, 6.45) is 2.58. The second-order valence-corrected chi connectivity index (χ2v) is 6.15. The lowest BCUT2D eigenvalue weighted by Crippen LogP contribution is -2.41. The van der Waals surface area contributed by atoms with Gasteiger partial charge in [0.25, 0.3) is 0 Å². The van der Waals surface area contributed by atoms with Gasteiger partial charge >= 0.3 is 0 Å².